The molecule has 4 atom stereocenters. The van der Waals surface area contributed by atoms with Gasteiger partial charge in [-0.1, -0.05) is 60.5 Å². The van der Waals surface area contributed by atoms with Crippen LogP contribution in [0.5, 0.6) is 5.75 Å². The van der Waals surface area contributed by atoms with Crippen molar-refractivity contribution >= 4 is 40.0 Å². The van der Waals surface area contributed by atoms with Crippen LogP contribution in [0, 0.1) is 17.8 Å². The predicted octanol–water partition coefficient (Wildman–Crippen LogP) is 6.72. The molecule has 0 bridgehead atoms. The van der Waals surface area contributed by atoms with Crippen LogP contribution < -0.4 is 0 Å². The molecule has 5 nitrogen and oxygen atoms in total. The summed E-state index contributed by atoms with van der Waals surface area (Å²) in [5.41, 5.74) is 4.92. The van der Waals surface area contributed by atoms with E-state index in [0.29, 0.717) is 25.3 Å². The van der Waals surface area contributed by atoms with Gasteiger partial charge < -0.3 is 9.84 Å². The van der Waals surface area contributed by atoms with Gasteiger partial charge in [-0.15, -0.1) is 11.3 Å². The summed E-state index contributed by atoms with van der Waals surface area (Å²) in [6.45, 7) is 5.19. The molecule has 2 fully saturated rings. The lowest BCUT2D eigenvalue weighted by atomic mass is 9.70. The van der Waals surface area contributed by atoms with E-state index in [-0.39, 0.29) is 35.7 Å². The summed E-state index contributed by atoms with van der Waals surface area (Å²) in [4.78, 5) is 29.3. The van der Waals surface area contributed by atoms with Crippen LogP contribution in [-0.2, 0) is 20.9 Å². The van der Waals surface area contributed by atoms with Gasteiger partial charge in [-0.2, -0.15) is 0 Å². The third-order valence-electron chi connectivity index (χ3n) is 8.61. The first-order valence-electron chi connectivity index (χ1n) is 13.5. The molecule has 0 radical (unpaired) electrons. The highest BCUT2D eigenvalue weighted by atomic mass is 32.1. The average Bonchev–Trinajstić information content (AvgIpc) is 3.65. The van der Waals surface area contributed by atoms with Crippen molar-refractivity contribution in [2.45, 2.75) is 52.2 Å². The Kier molecular flexibility index (Phi) is 6.70. The van der Waals surface area contributed by atoms with E-state index in [0.717, 1.165) is 40.5 Å². The predicted molar refractivity (Wildman–Crippen MR) is 151 cm³/mol. The molecule has 2 amide bonds. The van der Waals surface area contributed by atoms with E-state index >= 15 is 0 Å². The molecule has 0 spiro atoms. The Balaban J connectivity index is 1.19. The lowest BCUT2D eigenvalue weighted by Gasteiger charge is -2.30. The highest BCUT2D eigenvalue weighted by molar-refractivity contribution is 7.09. The number of hydrogen-bond acceptors (Lipinski definition) is 5. The van der Waals surface area contributed by atoms with Crippen molar-refractivity contribution in [3.8, 4) is 5.75 Å². The SMILES string of the molecule is CC/C(=C\c1ccc(O)c2ccccc12)CC[C@H]1OC[C@H]2C1=C(C)C[C@H]1C(=O)N(Cc3cccs3)C(=O)[C@H]12. The number of rotatable bonds is 7. The third kappa shape index (κ3) is 4.30. The zero-order valence-electron chi connectivity index (χ0n) is 21.9. The van der Waals surface area contributed by atoms with Crippen molar-refractivity contribution < 1.29 is 19.4 Å². The topological polar surface area (TPSA) is 66.8 Å². The molecule has 0 saturated carbocycles. The Bertz CT molecular complexity index is 1450. The molecule has 3 aliphatic rings. The first kappa shape index (κ1) is 25.1. The van der Waals surface area contributed by atoms with Crippen molar-refractivity contribution in [1.82, 2.24) is 4.90 Å². The lowest BCUT2D eigenvalue weighted by Crippen LogP contribution is -2.34. The van der Waals surface area contributed by atoms with Gasteiger partial charge in [-0.25, -0.2) is 0 Å². The fourth-order valence-corrected chi connectivity index (χ4v) is 7.42. The van der Waals surface area contributed by atoms with Crippen LogP contribution in [0.2, 0.25) is 0 Å². The Hall–Kier alpha value is -3.22. The normalized spacial score (nSPS) is 25.4. The van der Waals surface area contributed by atoms with Gasteiger partial charge in [0.15, 0.2) is 0 Å². The molecule has 2 aliphatic heterocycles. The van der Waals surface area contributed by atoms with Gasteiger partial charge in [0.05, 0.1) is 31.1 Å². The second kappa shape index (κ2) is 10.2. The zero-order valence-corrected chi connectivity index (χ0v) is 22.7. The number of thiophene rings is 1. The van der Waals surface area contributed by atoms with Crippen LogP contribution in [0.15, 0.2) is 70.6 Å². The molecule has 38 heavy (non-hydrogen) atoms. The van der Waals surface area contributed by atoms with E-state index in [1.54, 1.807) is 17.4 Å². The van der Waals surface area contributed by atoms with Crippen LogP contribution in [0.1, 0.15) is 50.0 Å². The molecule has 196 valence electrons. The molecule has 0 unspecified atom stereocenters. The van der Waals surface area contributed by atoms with Gasteiger partial charge in [0, 0.05) is 16.2 Å². The minimum Gasteiger partial charge on any atom is -0.507 e. The number of phenols is 1. The van der Waals surface area contributed by atoms with Crippen LogP contribution in [0.3, 0.4) is 0 Å². The number of fused-ring (bicyclic) bond motifs is 4. The van der Waals surface area contributed by atoms with E-state index in [2.05, 4.69) is 19.9 Å². The number of amides is 2. The molecular weight excluding hydrogens is 494 g/mol. The smallest absolute Gasteiger partial charge is 0.234 e. The number of hydrogen-bond donors (Lipinski definition) is 1. The number of nitrogens with zero attached hydrogens (tertiary/aromatic N) is 1. The molecular formula is C32H33NO4S. The zero-order chi connectivity index (χ0) is 26.4. The van der Waals surface area contributed by atoms with Crippen molar-refractivity contribution in [1.29, 1.82) is 0 Å². The third-order valence-corrected chi connectivity index (χ3v) is 9.47. The Morgan fingerprint density at radius 3 is 2.66 bits per heavy atom. The van der Waals surface area contributed by atoms with Crippen LogP contribution in [-0.4, -0.2) is 34.5 Å². The Morgan fingerprint density at radius 1 is 1.08 bits per heavy atom. The van der Waals surface area contributed by atoms with Gasteiger partial charge in [0.25, 0.3) is 0 Å². The van der Waals surface area contributed by atoms with E-state index in [1.807, 2.05) is 47.8 Å². The second-order valence-electron chi connectivity index (χ2n) is 10.8. The van der Waals surface area contributed by atoms with E-state index in [1.165, 1.54) is 21.6 Å². The van der Waals surface area contributed by atoms with Gasteiger partial charge in [-0.05, 0) is 66.6 Å². The largest absolute Gasteiger partial charge is 0.507 e. The van der Waals surface area contributed by atoms with E-state index in [9.17, 15) is 14.7 Å². The number of benzene rings is 2. The molecule has 1 aromatic heterocycles. The molecule has 6 rings (SSSR count). The summed E-state index contributed by atoms with van der Waals surface area (Å²) < 4.78 is 6.34. The number of aromatic hydroxyl groups is 1. The quantitative estimate of drug-likeness (QED) is 0.274. The molecule has 6 heteroatoms. The number of carbonyl (C=O) groups is 2. The summed E-state index contributed by atoms with van der Waals surface area (Å²) in [7, 11) is 0. The summed E-state index contributed by atoms with van der Waals surface area (Å²) in [5, 5.41) is 14.1. The number of imide groups is 1. The van der Waals surface area contributed by atoms with Crippen molar-refractivity contribution in [2.75, 3.05) is 6.61 Å². The Labute approximate surface area is 227 Å². The Morgan fingerprint density at radius 2 is 1.89 bits per heavy atom. The van der Waals surface area contributed by atoms with Gasteiger partial charge in [0.2, 0.25) is 11.8 Å². The molecule has 1 N–H and O–H groups in total. The monoisotopic (exact) mass is 527 g/mol. The minimum absolute atomic E-state index is 0.00126. The molecule has 2 aromatic carbocycles. The molecule has 1 aliphatic carbocycles. The lowest BCUT2D eigenvalue weighted by molar-refractivity contribution is -0.140. The van der Waals surface area contributed by atoms with Gasteiger partial charge >= 0.3 is 0 Å². The average molecular weight is 528 g/mol. The maximum Gasteiger partial charge on any atom is 0.234 e. The van der Waals surface area contributed by atoms with E-state index in [4.69, 9.17) is 4.74 Å². The summed E-state index contributed by atoms with van der Waals surface area (Å²) in [6, 6.07) is 15.6. The van der Waals surface area contributed by atoms with Crippen LogP contribution in [0.4, 0.5) is 0 Å². The molecule has 3 heterocycles. The maximum atomic E-state index is 13.5. The minimum atomic E-state index is -0.296. The van der Waals surface area contributed by atoms with Crippen molar-refractivity contribution in [3.63, 3.8) is 0 Å². The number of allylic oxidation sites excluding steroid dienone is 2. The number of phenolic OH excluding ortho intramolecular Hbond substituents is 1. The first-order valence-corrected chi connectivity index (χ1v) is 14.4. The first-order chi connectivity index (χ1) is 18.5. The fourth-order valence-electron chi connectivity index (χ4n) is 6.73. The molecule has 3 aromatic rings. The van der Waals surface area contributed by atoms with E-state index < -0.39 is 0 Å². The number of carbonyl (C=O) groups excluding carboxylic acids is 2. The standard InChI is InChI=1S/C32H33NO4S/c1-3-20(16-21-11-12-27(34)24-9-5-4-8-23(21)24)10-13-28-29-19(2)15-25-30(26(29)18-37-28)32(36)33(31(25)35)17-22-7-6-14-38-22/h4-9,11-12,14,16,25-26,28,30,34H,3,10,13,15,17-18H2,1-2H3/b20-16+/t25-,26+,28-,30-/m1/s1. The second-order valence-corrected chi connectivity index (χ2v) is 11.8. The molecule has 2 saturated heterocycles. The highest BCUT2D eigenvalue weighted by Gasteiger charge is 2.56. The van der Waals surface area contributed by atoms with Gasteiger partial charge in [0.1, 0.15) is 5.75 Å². The van der Waals surface area contributed by atoms with Crippen LogP contribution >= 0.6 is 11.3 Å². The number of likely N-dealkylation sites (tertiary alicyclic amines) is 1. The highest BCUT2D eigenvalue weighted by Crippen LogP contribution is 2.50. The van der Waals surface area contributed by atoms with Gasteiger partial charge in [-0.3, -0.25) is 14.5 Å². The summed E-state index contributed by atoms with van der Waals surface area (Å²) >= 11 is 1.58. The number of ether oxygens (including phenoxy) is 1. The summed E-state index contributed by atoms with van der Waals surface area (Å²) in [5.74, 6) is -0.302. The summed E-state index contributed by atoms with van der Waals surface area (Å²) in [6.07, 6.45) is 5.56. The van der Waals surface area contributed by atoms with Crippen molar-refractivity contribution in [2.24, 2.45) is 17.8 Å². The van der Waals surface area contributed by atoms with Crippen LogP contribution in [0.25, 0.3) is 16.8 Å². The maximum absolute atomic E-state index is 13.5. The fraction of sp³-hybridized carbons (Fsp3) is 0.375. The van der Waals surface area contributed by atoms with Crippen molar-refractivity contribution in [3.05, 3.63) is 81.1 Å².